The first-order valence-corrected chi connectivity index (χ1v) is 5.30. The van der Waals surface area contributed by atoms with Crippen LogP contribution in [0.5, 0.6) is 0 Å². The maximum Gasteiger partial charge on any atom is 0.417 e. The van der Waals surface area contributed by atoms with Gasteiger partial charge < -0.3 is 0 Å². The molecule has 0 aliphatic carbocycles. The second kappa shape index (κ2) is 4.64. The van der Waals surface area contributed by atoms with Crippen LogP contribution in [0.25, 0.3) is 0 Å². The van der Waals surface area contributed by atoms with E-state index in [4.69, 9.17) is 5.41 Å². The fourth-order valence-electron chi connectivity index (χ4n) is 1.71. The SMILES string of the molecule is N=C(c1ccccc1)c1ccccc1C(F)(F)F. The normalized spacial score (nSPS) is 11.3. The first-order valence-electron chi connectivity index (χ1n) is 5.30. The number of rotatable bonds is 2. The van der Waals surface area contributed by atoms with Crippen molar-refractivity contribution in [1.29, 1.82) is 5.41 Å². The van der Waals surface area contributed by atoms with Gasteiger partial charge in [0.2, 0.25) is 0 Å². The summed E-state index contributed by atoms with van der Waals surface area (Å²) in [5.74, 6) is 0. The van der Waals surface area contributed by atoms with E-state index in [2.05, 4.69) is 0 Å². The molecule has 0 spiro atoms. The average Bonchev–Trinajstić information content (AvgIpc) is 2.38. The summed E-state index contributed by atoms with van der Waals surface area (Å²) < 4.78 is 38.5. The third kappa shape index (κ3) is 2.42. The predicted molar refractivity (Wildman–Crippen MR) is 63.8 cm³/mol. The van der Waals surface area contributed by atoms with Gasteiger partial charge >= 0.3 is 6.18 Å². The topological polar surface area (TPSA) is 23.9 Å². The van der Waals surface area contributed by atoms with Gasteiger partial charge in [0.05, 0.1) is 11.3 Å². The Hall–Kier alpha value is -2.10. The molecule has 2 rings (SSSR count). The zero-order valence-electron chi connectivity index (χ0n) is 9.33. The van der Waals surface area contributed by atoms with Gasteiger partial charge in [-0.3, -0.25) is 5.41 Å². The second-order valence-corrected chi connectivity index (χ2v) is 3.78. The number of halogens is 3. The first-order chi connectivity index (χ1) is 8.50. The molecule has 0 atom stereocenters. The Labute approximate surface area is 102 Å². The Bertz CT molecular complexity index is 559. The maximum atomic E-state index is 12.8. The standard InChI is InChI=1S/C14H10F3N/c15-14(16,17)12-9-5-4-8-11(12)13(18)10-6-2-1-3-7-10/h1-9,18H. The molecule has 4 heteroatoms. The first kappa shape index (κ1) is 12.4. The molecule has 92 valence electrons. The van der Waals surface area contributed by atoms with Gasteiger partial charge in [0.25, 0.3) is 0 Å². The molecule has 1 nitrogen and oxygen atoms in total. The molecule has 0 fully saturated rings. The molecule has 18 heavy (non-hydrogen) atoms. The van der Waals surface area contributed by atoms with Crippen LogP contribution in [0.1, 0.15) is 16.7 Å². The van der Waals surface area contributed by atoms with Crippen molar-refractivity contribution in [2.24, 2.45) is 0 Å². The van der Waals surface area contributed by atoms with E-state index in [1.54, 1.807) is 30.3 Å². The van der Waals surface area contributed by atoms with Gasteiger partial charge in [0.1, 0.15) is 0 Å². The largest absolute Gasteiger partial charge is 0.417 e. The highest BCUT2D eigenvalue weighted by atomic mass is 19.4. The van der Waals surface area contributed by atoms with Gasteiger partial charge in [-0.2, -0.15) is 13.2 Å². The molecule has 2 aromatic carbocycles. The highest BCUT2D eigenvalue weighted by Gasteiger charge is 2.33. The molecule has 0 bridgehead atoms. The summed E-state index contributed by atoms with van der Waals surface area (Å²) in [5, 5.41) is 7.89. The molecular formula is C14H10F3N. The number of hydrogen-bond acceptors (Lipinski definition) is 1. The summed E-state index contributed by atoms with van der Waals surface area (Å²) in [6, 6.07) is 13.5. The zero-order valence-corrected chi connectivity index (χ0v) is 9.33. The van der Waals surface area contributed by atoms with Gasteiger partial charge in [0, 0.05) is 11.1 Å². The van der Waals surface area contributed by atoms with Crippen LogP contribution >= 0.6 is 0 Å². The zero-order chi connectivity index (χ0) is 13.2. The van der Waals surface area contributed by atoms with Crippen LogP contribution in [0.4, 0.5) is 13.2 Å². The summed E-state index contributed by atoms with van der Waals surface area (Å²) in [5.41, 5.74) is -0.534. The quantitative estimate of drug-likeness (QED) is 0.774. The van der Waals surface area contributed by atoms with E-state index >= 15 is 0 Å². The maximum absolute atomic E-state index is 12.8. The fraction of sp³-hybridized carbons (Fsp3) is 0.0714. The van der Waals surface area contributed by atoms with Gasteiger partial charge in [-0.05, 0) is 6.07 Å². The van der Waals surface area contributed by atoms with E-state index in [-0.39, 0.29) is 11.3 Å². The van der Waals surface area contributed by atoms with Crippen molar-refractivity contribution in [3.63, 3.8) is 0 Å². The Morgan fingerprint density at radius 2 is 1.39 bits per heavy atom. The lowest BCUT2D eigenvalue weighted by Crippen LogP contribution is -2.13. The molecule has 0 saturated heterocycles. The molecule has 1 N–H and O–H groups in total. The van der Waals surface area contributed by atoms with E-state index in [1.807, 2.05) is 0 Å². The minimum atomic E-state index is -4.45. The van der Waals surface area contributed by atoms with E-state index in [9.17, 15) is 13.2 Å². The third-order valence-electron chi connectivity index (χ3n) is 2.56. The summed E-state index contributed by atoms with van der Waals surface area (Å²) >= 11 is 0. The minimum absolute atomic E-state index is 0.101. The molecule has 0 aromatic heterocycles. The van der Waals surface area contributed by atoms with Gasteiger partial charge in [-0.15, -0.1) is 0 Å². The number of alkyl halides is 3. The molecule has 0 radical (unpaired) electrons. The molecule has 0 amide bonds. The van der Waals surface area contributed by atoms with Crippen LogP contribution in [0.15, 0.2) is 54.6 Å². The molecule has 2 aromatic rings. The van der Waals surface area contributed by atoms with Crippen molar-refractivity contribution >= 4 is 5.71 Å². The Morgan fingerprint density at radius 3 is 2.00 bits per heavy atom. The van der Waals surface area contributed by atoms with E-state index in [1.165, 1.54) is 18.2 Å². The van der Waals surface area contributed by atoms with Crippen molar-refractivity contribution in [2.75, 3.05) is 0 Å². The Morgan fingerprint density at radius 1 is 0.833 bits per heavy atom. The highest BCUT2D eigenvalue weighted by Crippen LogP contribution is 2.32. The predicted octanol–water partition coefficient (Wildman–Crippen LogP) is 4.12. The number of nitrogens with one attached hydrogen (secondary N) is 1. The van der Waals surface area contributed by atoms with Crippen molar-refractivity contribution in [3.8, 4) is 0 Å². The monoisotopic (exact) mass is 249 g/mol. The van der Waals surface area contributed by atoms with E-state index in [0.29, 0.717) is 5.56 Å². The van der Waals surface area contributed by atoms with E-state index in [0.717, 1.165) is 6.07 Å². The smallest absolute Gasteiger partial charge is 0.300 e. The fourth-order valence-corrected chi connectivity index (χ4v) is 1.71. The summed E-state index contributed by atoms with van der Waals surface area (Å²) in [6.07, 6.45) is -4.45. The lowest BCUT2D eigenvalue weighted by Gasteiger charge is -2.13. The second-order valence-electron chi connectivity index (χ2n) is 3.78. The average molecular weight is 249 g/mol. The molecule has 0 saturated carbocycles. The minimum Gasteiger partial charge on any atom is -0.300 e. The molecule has 0 aliphatic heterocycles. The van der Waals surface area contributed by atoms with Crippen molar-refractivity contribution in [2.45, 2.75) is 6.18 Å². The lowest BCUT2D eigenvalue weighted by molar-refractivity contribution is -0.137. The number of benzene rings is 2. The van der Waals surface area contributed by atoms with Crippen molar-refractivity contribution in [1.82, 2.24) is 0 Å². The van der Waals surface area contributed by atoms with Crippen LogP contribution in [-0.4, -0.2) is 5.71 Å². The van der Waals surface area contributed by atoms with Crippen molar-refractivity contribution in [3.05, 3.63) is 71.3 Å². The molecule has 0 aliphatic rings. The number of hydrogen-bond donors (Lipinski definition) is 1. The molecule has 0 heterocycles. The van der Waals surface area contributed by atoms with Gasteiger partial charge in [0.15, 0.2) is 0 Å². The third-order valence-corrected chi connectivity index (χ3v) is 2.56. The van der Waals surface area contributed by atoms with Crippen LogP contribution in [-0.2, 0) is 6.18 Å². The van der Waals surface area contributed by atoms with Gasteiger partial charge in [-0.1, -0.05) is 48.5 Å². The van der Waals surface area contributed by atoms with Crippen molar-refractivity contribution < 1.29 is 13.2 Å². The highest BCUT2D eigenvalue weighted by molar-refractivity contribution is 6.11. The Kier molecular flexibility index (Phi) is 3.19. The Balaban J connectivity index is 2.50. The van der Waals surface area contributed by atoms with Crippen LogP contribution in [0.3, 0.4) is 0 Å². The summed E-state index contributed by atoms with van der Waals surface area (Å²) in [6.45, 7) is 0. The molecule has 0 unspecified atom stereocenters. The van der Waals surface area contributed by atoms with Gasteiger partial charge in [-0.25, -0.2) is 0 Å². The van der Waals surface area contributed by atoms with Crippen LogP contribution < -0.4 is 0 Å². The molecular weight excluding hydrogens is 239 g/mol. The van der Waals surface area contributed by atoms with Crippen LogP contribution in [0.2, 0.25) is 0 Å². The lowest BCUT2D eigenvalue weighted by atomic mass is 9.97. The van der Waals surface area contributed by atoms with E-state index < -0.39 is 11.7 Å². The summed E-state index contributed by atoms with van der Waals surface area (Å²) in [4.78, 5) is 0. The van der Waals surface area contributed by atoms with Crippen LogP contribution in [0, 0.1) is 5.41 Å². The summed E-state index contributed by atoms with van der Waals surface area (Å²) in [7, 11) is 0.